The molecule has 0 aliphatic heterocycles. The van der Waals surface area contributed by atoms with E-state index in [2.05, 4.69) is 11.8 Å². The molecule has 1 saturated carbocycles. The fraction of sp³-hybridized carbons (Fsp3) is 0.500. The van der Waals surface area contributed by atoms with Gasteiger partial charge in [0, 0.05) is 18.2 Å². The molecule has 4 nitrogen and oxygen atoms in total. The summed E-state index contributed by atoms with van der Waals surface area (Å²) in [6, 6.07) is 7.31. The van der Waals surface area contributed by atoms with Gasteiger partial charge >= 0.3 is 0 Å². The van der Waals surface area contributed by atoms with Crippen molar-refractivity contribution < 1.29 is 18.3 Å². The zero-order chi connectivity index (χ0) is 15.3. The van der Waals surface area contributed by atoms with Gasteiger partial charge in [-0.3, -0.25) is 0 Å². The van der Waals surface area contributed by atoms with Crippen LogP contribution in [0, 0.1) is 11.8 Å². The lowest BCUT2D eigenvalue weighted by atomic mass is 9.97. The lowest BCUT2D eigenvalue weighted by Gasteiger charge is -2.28. The maximum Gasteiger partial charge on any atom is 0.150 e. The summed E-state index contributed by atoms with van der Waals surface area (Å²) in [4.78, 5) is 0. The number of sulfone groups is 1. The number of ether oxygens (including phenoxy) is 1. The van der Waals surface area contributed by atoms with Crippen LogP contribution in [0.25, 0.3) is 0 Å². The fourth-order valence-corrected chi connectivity index (χ4v) is 3.71. The molecule has 2 rings (SSSR count). The molecule has 0 spiro atoms. The third-order valence-electron chi connectivity index (χ3n) is 3.65. The van der Waals surface area contributed by atoms with E-state index in [0.717, 1.165) is 30.6 Å². The Balaban J connectivity index is 1.98. The lowest BCUT2D eigenvalue weighted by Crippen LogP contribution is -2.33. The van der Waals surface area contributed by atoms with Gasteiger partial charge in [0.25, 0.3) is 0 Å². The number of hydrogen-bond donors (Lipinski definition) is 1. The van der Waals surface area contributed by atoms with Crippen LogP contribution in [0.1, 0.15) is 31.2 Å². The molecule has 1 N–H and O–H groups in total. The summed E-state index contributed by atoms with van der Waals surface area (Å²) in [7, 11) is -2.99. The predicted molar refractivity (Wildman–Crippen MR) is 81.9 cm³/mol. The molecule has 0 bridgehead atoms. The first-order valence-electron chi connectivity index (χ1n) is 7.04. The van der Waals surface area contributed by atoms with Gasteiger partial charge in [0.05, 0.1) is 11.4 Å². The molecule has 1 aliphatic carbocycles. The molecule has 0 radical (unpaired) electrons. The largest absolute Gasteiger partial charge is 0.490 e. The fourth-order valence-electron chi connectivity index (χ4n) is 2.55. The summed E-state index contributed by atoms with van der Waals surface area (Å²) in [6.07, 6.45) is 4.31. The molecule has 1 aromatic carbocycles. The van der Waals surface area contributed by atoms with Gasteiger partial charge in [-0.1, -0.05) is 11.8 Å². The molecule has 1 fully saturated rings. The minimum atomic E-state index is -2.99. The summed E-state index contributed by atoms with van der Waals surface area (Å²) in [5, 5.41) is 8.36. The highest BCUT2D eigenvalue weighted by molar-refractivity contribution is 7.91. The molecule has 21 heavy (non-hydrogen) atoms. The zero-order valence-electron chi connectivity index (χ0n) is 12.1. The zero-order valence-corrected chi connectivity index (χ0v) is 12.9. The molecule has 1 aromatic rings. The van der Waals surface area contributed by atoms with Crippen molar-refractivity contribution in [1.82, 2.24) is 0 Å². The molecule has 0 aromatic heterocycles. The normalized spacial score (nSPS) is 22.2. The van der Waals surface area contributed by atoms with Crippen molar-refractivity contribution in [2.24, 2.45) is 0 Å². The molecule has 0 saturated heterocycles. The molecule has 2 unspecified atom stereocenters. The van der Waals surface area contributed by atoms with Crippen molar-refractivity contribution in [1.29, 1.82) is 0 Å². The molecular formula is C16H20O4S. The number of aliphatic hydroxyl groups excluding tert-OH is 1. The van der Waals surface area contributed by atoms with Gasteiger partial charge in [-0.2, -0.15) is 0 Å². The first-order chi connectivity index (χ1) is 9.99. The highest BCUT2D eigenvalue weighted by atomic mass is 32.2. The SMILES string of the molecule is CS(=O)(=O)C1CCCC(Oc2ccc(C#CCO)cc2)C1. The Morgan fingerprint density at radius 2 is 2.00 bits per heavy atom. The topological polar surface area (TPSA) is 63.6 Å². The highest BCUT2D eigenvalue weighted by Crippen LogP contribution is 2.27. The van der Waals surface area contributed by atoms with Crippen molar-refractivity contribution in [3.8, 4) is 17.6 Å². The molecular weight excluding hydrogens is 288 g/mol. The first kappa shape index (κ1) is 15.9. The highest BCUT2D eigenvalue weighted by Gasteiger charge is 2.29. The van der Waals surface area contributed by atoms with Crippen LogP contribution < -0.4 is 4.74 Å². The Labute approximate surface area is 126 Å². The van der Waals surface area contributed by atoms with E-state index < -0.39 is 9.84 Å². The van der Waals surface area contributed by atoms with E-state index in [1.54, 1.807) is 0 Å². The number of aliphatic hydroxyl groups is 1. The molecule has 1 aliphatic rings. The average Bonchev–Trinajstić information content (AvgIpc) is 2.46. The van der Waals surface area contributed by atoms with Crippen LogP contribution in [0.5, 0.6) is 5.75 Å². The molecule has 0 heterocycles. The van der Waals surface area contributed by atoms with E-state index in [0.29, 0.717) is 6.42 Å². The lowest BCUT2D eigenvalue weighted by molar-refractivity contribution is 0.156. The average molecular weight is 308 g/mol. The summed E-state index contributed by atoms with van der Waals surface area (Å²) >= 11 is 0. The number of rotatable bonds is 3. The van der Waals surface area contributed by atoms with Crippen LogP contribution in [0.3, 0.4) is 0 Å². The van der Waals surface area contributed by atoms with E-state index >= 15 is 0 Å². The van der Waals surface area contributed by atoms with Gasteiger partial charge in [-0.25, -0.2) is 8.42 Å². The van der Waals surface area contributed by atoms with E-state index in [9.17, 15) is 8.42 Å². The van der Waals surface area contributed by atoms with Crippen molar-refractivity contribution in [2.45, 2.75) is 37.0 Å². The van der Waals surface area contributed by atoms with Gasteiger partial charge in [0.15, 0.2) is 0 Å². The Kier molecular flexibility index (Phi) is 5.27. The van der Waals surface area contributed by atoms with Crippen LogP contribution in [0.2, 0.25) is 0 Å². The van der Waals surface area contributed by atoms with Crippen LogP contribution in [0.4, 0.5) is 0 Å². The Morgan fingerprint density at radius 1 is 1.29 bits per heavy atom. The third kappa shape index (κ3) is 4.76. The monoisotopic (exact) mass is 308 g/mol. The van der Waals surface area contributed by atoms with Gasteiger partial charge in [-0.15, -0.1) is 0 Å². The summed E-state index contributed by atoms with van der Waals surface area (Å²) in [6.45, 7) is -0.160. The second-order valence-electron chi connectivity index (χ2n) is 5.34. The molecule has 0 amide bonds. The van der Waals surface area contributed by atoms with Gasteiger partial charge in [0.2, 0.25) is 0 Å². The van der Waals surface area contributed by atoms with E-state index in [4.69, 9.17) is 9.84 Å². The quantitative estimate of drug-likeness (QED) is 0.864. The Hall–Kier alpha value is -1.51. The van der Waals surface area contributed by atoms with Crippen LogP contribution >= 0.6 is 0 Å². The van der Waals surface area contributed by atoms with E-state index in [1.807, 2.05) is 24.3 Å². The van der Waals surface area contributed by atoms with Gasteiger partial charge in [-0.05, 0) is 43.5 Å². The predicted octanol–water partition coefficient (Wildman–Crippen LogP) is 1.77. The summed E-state index contributed by atoms with van der Waals surface area (Å²) in [5.41, 5.74) is 0.814. The Bertz CT molecular complexity index is 622. The smallest absolute Gasteiger partial charge is 0.150 e. The maximum atomic E-state index is 11.6. The van der Waals surface area contributed by atoms with Crippen molar-refractivity contribution in [3.05, 3.63) is 29.8 Å². The number of benzene rings is 1. The van der Waals surface area contributed by atoms with Crippen LogP contribution in [-0.2, 0) is 9.84 Å². The standard InChI is InChI=1S/C16H20O4S/c1-21(18,19)16-6-2-5-15(12-16)20-14-9-7-13(8-10-14)4-3-11-17/h7-10,15-17H,2,5-6,11-12H2,1H3. The second kappa shape index (κ2) is 6.97. The molecule has 2 atom stereocenters. The maximum absolute atomic E-state index is 11.6. The van der Waals surface area contributed by atoms with Gasteiger partial charge in [0.1, 0.15) is 22.2 Å². The van der Waals surface area contributed by atoms with Crippen molar-refractivity contribution in [3.63, 3.8) is 0 Å². The van der Waals surface area contributed by atoms with Crippen LogP contribution in [-0.4, -0.2) is 37.7 Å². The minimum Gasteiger partial charge on any atom is -0.490 e. The minimum absolute atomic E-state index is 0.0483. The second-order valence-corrected chi connectivity index (χ2v) is 7.67. The first-order valence-corrected chi connectivity index (χ1v) is 9.00. The van der Waals surface area contributed by atoms with E-state index in [1.165, 1.54) is 6.26 Å². The van der Waals surface area contributed by atoms with Gasteiger partial charge < -0.3 is 9.84 Å². The molecule has 5 heteroatoms. The summed E-state index contributed by atoms with van der Waals surface area (Å²) < 4.78 is 29.2. The van der Waals surface area contributed by atoms with E-state index in [-0.39, 0.29) is 18.0 Å². The number of hydrogen-bond acceptors (Lipinski definition) is 4. The third-order valence-corrected chi connectivity index (χ3v) is 5.29. The Morgan fingerprint density at radius 3 is 2.62 bits per heavy atom. The summed E-state index contributed by atoms with van der Waals surface area (Å²) in [5.74, 6) is 6.13. The van der Waals surface area contributed by atoms with Crippen LogP contribution in [0.15, 0.2) is 24.3 Å². The molecule has 114 valence electrons. The van der Waals surface area contributed by atoms with Crippen molar-refractivity contribution in [2.75, 3.05) is 12.9 Å². The van der Waals surface area contributed by atoms with Crippen molar-refractivity contribution >= 4 is 9.84 Å².